The van der Waals surface area contributed by atoms with Gasteiger partial charge in [-0.1, -0.05) is 42.5 Å². The highest BCUT2D eigenvalue weighted by Gasteiger charge is 2.39. The molecule has 5 nitrogen and oxygen atoms in total. The molecule has 0 saturated heterocycles. The molecule has 3 N–H and O–H groups in total. The van der Waals surface area contributed by atoms with Crippen LogP contribution in [0.5, 0.6) is 5.75 Å². The van der Waals surface area contributed by atoms with Crippen LogP contribution >= 0.6 is 0 Å². The Kier molecular flexibility index (Phi) is 9.17. The second-order valence-electron chi connectivity index (χ2n) is 7.13. The Bertz CT molecular complexity index is 646. The predicted octanol–water partition coefficient (Wildman–Crippen LogP) is 3.52. The van der Waals surface area contributed by atoms with Crippen molar-refractivity contribution < 1.29 is 29.2 Å². The summed E-state index contributed by atoms with van der Waals surface area (Å²) in [5.41, 5.74) is 0. The fraction of sp³-hybridized carbons (Fsp3) is 0.500. The van der Waals surface area contributed by atoms with E-state index in [0.29, 0.717) is 25.0 Å². The van der Waals surface area contributed by atoms with Crippen LogP contribution in [-0.2, 0) is 4.79 Å². The molecule has 1 aliphatic rings. The molecule has 1 aliphatic carbocycles. The number of aliphatic carboxylic acids is 1. The minimum Gasteiger partial charge on any atom is -0.490 e. The third-order valence-electron chi connectivity index (χ3n) is 4.95. The lowest BCUT2D eigenvalue weighted by Gasteiger charge is -2.19. The molecular weight excluding hydrogens is 363 g/mol. The Hall–Kier alpha value is -2.18. The zero-order valence-electron chi connectivity index (χ0n) is 15.9. The molecule has 1 aromatic rings. The van der Waals surface area contributed by atoms with Gasteiger partial charge in [0.15, 0.2) is 6.17 Å². The maximum atomic E-state index is 14.1. The van der Waals surface area contributed by atoms with Crippen molar-refractivity contribution in [3.8, 4) is 5.75 Å². The number of hydrogen-bond donors (Lipinski definition) is 3. The number of halogens is 1. The first kappa shape index (κ1) is 22.1. The summed E-state index contributed by atoms with van der Waals surface area (Å²) < 4.78 is 19.5. The molecule has 0 bridgehead atoms. The predicted molar refractivity (Wildman–Crippen MR) is 105 cm³/mol. The van der Waals surface area contributed by atoms with Crippen LogP contribution in [0.25, 0.3) is 0 Å². The molecule has 154 valence electrons. The first-order valence-electron chi connectivity index (χ1n) is 9.70. The Balaban J connectivity index is 1.82. The topological polar surface area (TPSA) is 87.0 Å². The van der Waals surface area contributed by atoms with Gasteiger partial charge in [0.05, 0.1) is 12.2 Å². The molecule has 1 fully saturated rings. The number of aliphatic hydroxyl groups is 2. The number of benzene rings is 1. The summed E-state index contributed by atoms with van der Waals surface area (Å²) in [6.45, 7) is -0.111. The van der Waals surface area contributed by atoms with Crippen LogP contribution in [0.4, 0.5) is 4.39 Å². The lowest BCUT2D eigenvalue weighted by atomic mass is 9.89. The molecule has 0 aromatic heterocycles. The van der Waals surface area contributed by atoms with E-state index in [4.69, 9.17) is 9.84 Å². The third kappa shape index (κ3) is 7.44. The van der Waals surface area contributed by atoms with E-state index < -0.39 is 24.3 Å². The summed E-state index contributed by atoms with van der Waals surface area (Å²) in [6, 6.07) is 8.99. The summed E-state index contributed by atoms with van der Waals surface area (Å²) in [6.07, 6.45) is 6.33. The minimum atomic E-state index is -1.31. The maximum absolute atomic E-state index is 14.1. The molecule has 0 heterocycles. The number of unbranched alkanes of at least 4 members (excludes halogenated alkanes) is 1. The number of allylic oxidation sites excluding steroid dienone is 2. The molecule has 2 rings (SSSR count). The number of hydrogen-bond acceptors (Lipinski definition) is 4. The first-order valence-corrected chi connectivity index (χ1v) is 9.70. The molecule has 5 atom stereocenters. The number of rotatable bonds is 11. The van der Waals surface area contributed by atoms with E-state index in [1.165, 1.54) is 6.08 Å². The maximum Gasteiger partial charge on any atom is 0.303 e. The highest BCUT2D eigenvalue weighted by molar-refractivity contribution is 5.66. The van der Waals surface area contributed by atoms with Gasteiger partial charge in [0, 0.05) is 18.8 Å². The second kappa shape index (κ2) is 11.6. The van der Waals surface area contributed by atoms with Gasteiger partial charge in [-0.3, -0.25) is 4.79 Å². The molecular formula is C22H29FO5. The monoisotopic (exact) mass is 392 g/mol. The fourth-order valence-electron chi connectivity index (χ4n) is 3.45. The average Bonchev–Trinajstić information content (AvgIpc) is 2.94. The van der Waals surface area contributed by atoms with Crippen molar-refractivity contribution in [1.82, 2.24) is 0 Å². The van der Waals surface area contributed by atoms with Crippen LogP contribution in [0, 0.1) is 11.8 Å². The van der Waals surface area contributed by atoms with Crippen LogP contribution in [0.1, 0.15) is 32.1 Å². The Morgan fingerprint density at radius 1 is 1.21 bits per heavy atom. The first-order chi connectivity index (χ1) is 13.5. The molecule has 0 radical (unpaired) electrons. The van der Waals surface area contributed by atoms with Gasteiger partial charge in [0.1, 0.15) is 12.4 Å². The largest absolute Gasteiger partial charge is 0.490 e. The van der Waals surface area contributed by atoms with Gasteiger partial charge in [0.2, 0.25) is 0 Å². The van der Waals surface area contributed by atoms with Crippen molar-refractivity contribution in [3.05, 3.63) is 54.6 Å². The standard InChI is InChI=1S/C22H29FO5/c23-16(15-28-17-8-4-3-5-9-17)12-13-19-18(20(24)14-21(19)25)10-6-1-2-7-11-22(26)27/h1,3-6,8-9,12-13,16,18-21,24-25H,2,7,10-11,14-15H2,(H,26,27)/b6-1-,13-12+/t16-,18+,19+,20-,21+/m0/s1. The number of ether oxygens (including phenoxy) is 1. The number of carboxylic acids is 1. The smallest absolute Gasteiger partial charge is 0.303 e. The molecule has 1 saturated carbocycles. The summed E-state index contributed by atoms with van der Waals surface area (Å²) in [5, 5.41) is 29.0. The van der Waals surface area contributed by atoms with Gasteiger partial charge in [-0.2, -0.15) is 0 Å². The molecule has 0 aliphatic heterocycles. The summed E-state index contributed by atoms with van der Waals surface area (Å²) in [5.74, 6) is -0.733. The van der Waals surface area contributed by atoms with E-state index in [0.717, 1.165) is 0 Å². The molecule has 1 aromatic carbocycles. The van der Waals surface area contributed by atoms with E-state index in [9.17, 15) is 19.4 Å². The zero-order valence-corrected chi connectivity index (χ0v) is 15.9. The van der Waals surface area contributed by atoms with Crippen LogP contribution in [0.15, 0.2) is 54.6 Å². The Morgan fingerprint density at radius 3 is 2.68 bits per heavy atom. The number of carboxylic acid groups (broad SMARTS) is 1. The number of alkyl halides is 1. The van der Waals surface area contributed by atoms with E-state index in [2.05, 4.69) is 0 Å². The second-order valence-corrected chi connectivity index (χ2v) is 7.13. The number of para-hydroxylation sites is 1. The van der Waals surface area contributed by atoms with Crippen molar-refractivity contribution in [1.29, 1.82) is 0 Å². The Morgan fingerprint density at radius 2 is 1.96 bits per heavy atom. The van der Waals surface area contributed by atoms with Crippen molar-refractivity contribution in [2.45, 2.75) is 50.5 Å². The SMILES string of the molecule is O=C(O)CCC/C=C\C[C@@H]1[C@@H](/C=C/[C@H](F)COc2ccccc2)[C@H](O)C[C@@H]1O. The van der Waals surface area contributed by atoms with Crippen LogP contribution < -0.4 is 4.74 Å². The van der Waals surface area contributed by atoms with Crippen molar-refractivity contribution in [2.75, 3.05) is 6.61 Å². The highest BCUT2D eigenvalue weighted by atomic mass is 19.1. The van der Waals surface area contributed by atoms with E-state index in [-0.39, 0.29) is 31.3 Å². The van der Waals surface area contributed by atoms with Gasteiger partial charge >= 0.3 is 5.97 Å². The summed E-state index contributed by atoms with van der Waals surface area (Å²) >= 11 is 0. The minimum absolute atomic E-state index is 0.111. The van der Waals surface area contributed by atoms with Crippen LogP contribution in [0.2, 0.25) is 0 Å². The van der Waals surface area contributed by atoms with Crippen LogP contribution in [-0.4, -0.2) is 46.3 Å². The van der Waals surface area contributed by atoms with Gasteiger partial charge in [-0.05, 0) is 37.3 Å². The third-order valence-corrected chi connectivity index (χ3v) is 4.95. The Labute approximate surface area is 165 Å². The van der Waals surface area contributed by atoms with Crippen molar-refractivity contribution in [3.63, 3.8) is 0 Å². The van der Waals surface area contributed by atoms with Crippen LogP contribution in [0.3, 0.4) is 0 Å². The van der Waals surface area contributed by atoms with E-state index in [1.54, 1.807) is 18.2 Å². The summed E-state index contributed by atoms with van der Waals surface area (Å²) in [7, 11) is 0. The lowest BCUT2D eigenvalue weighted by Crippen LogP contribution is -2.20. The van der Waals surface area contributed by atoms with Gasteiger partial charge < -0.3 is 20.1 Å². The lowest BCUT2D eigenvalue weighted by molar-refractivity contribution is -0.137. The number of carbonyl (C=O) groups is 1. The molecule has 6 heteroatoms. The van der Waals surface area contributed by atoms with E-state index in [1.807, 2.05) is 30.4 Å². The van der Waals surface area contributed by atoms with Gasteiger partial charge in [-0.15, -0.1) is 0 Å². The van der Waals surface area contributed by atoms with Crippen molar-refractivity contribution in [2.24, 2.45) is 11.8 Å². The zero-order chi connectivity index (χ0) is 20.4. The number of aliphatic hydroxyl groups excluding tert-OH is 2. The molecule has 0 spiro atoms. The normalized spacial score (nSPS) is 26.1. The molecule has 0 unspecified atom stereocenters. The quantitative estimate of drug-likeness (QED) is 0.396. The van der Waals surface area contributed by atoms with Crippen molar-refractivity contribution >= 4 is 5.97 Å². The van der Waals surface area contributed by atoms with E-state index >= 15 is 0 Å². The molecule has 28 heavy (non-hydrogen) atoms. The fourth-order valence-corrected chi connectivity index (χ4v) is 3.45. The van der Waals surface area contributed by atoms with Gasteiger partial charge in [-0.25, -0.2) is 4.39 Å². The average molecular weight is 392 g/mol. The summed E-state index contributed by atoms with van der Waals surface area (Å²) in [4.78, 5) is 10.5. The highest BCUT2D eigenvalue weighted by Crippen LogP contribution is 2.36. The molecule has 0 amide bonds. The van der Waals surface area contributed by atoms with Gasteiger partial charge in [0.25, 0.3) is 0 Å².